The number of ether oxygens (including phenoxy) is 1. The summed E-state index contributed by atoms with van der Waals surface area (Å²) in [5, 5.41) is 12.9. The highest BCUT2D eigenvalue weighted by Crippen LogP contribution is 2.21. The number of carbonyl (C=O) groups is 2. The number of hydrogen-bond acceptors (Lipinski definition) is 6. The molecule has 0 bridgehead atoms. The molecule has 0 aliphatic carbocycles. The molecular weight excluding hydrogens is 408 g/mol. The van der Waals surface area contributed by atoms with E-state index in [1.54, 1.807) is 12.1 Å². The molecule has 9 nitrogen and oxygen atoms in total. The molecule has 2 aromatic rings. The zero-order valence-electron chi connectivity index (χ0n) is 16.5. The topological polar surface area (TPSA) is 123 Å². The number of nitrogens with zero attached hydrogens (tertiary/aromatic N) is 1. The van der Waals surface area contributed by atoms with Gasteiger partial charge in [-0.1, -0.05) is 32.0 Å². The summed E-state index contributed by atoms with van der Waals surface area (Å²) in [6.07, 6.45) is 1.03. The Labute approximate surface area is 178 Å². The highest BCUT2D eigenvalue weighted by molar-refractivity contribution is 7.80. The maximum absolute atomic E-state index is 12.1. The number of amides is 2. The van der Waals surface area contributed by atoms with Gasteiger partial charge >= 0.3 is 0 Å². The Morgan fingerprint density at radius 3 is 2.50 bits per heavy atom. The Morgan fingerprint density at radius 2 is 1.87 bits per heavy atom. The number of nitro benzene ring substituents is 1. The molecule has 0 unspecified atom stereocenters. The minimum absolute atomic E-state index is 0.0591. The van der Waals surface area contributed by atoms with E-state index in [1.807, 2.05) is 12.1 Å². The van der Waals surface area contributed by atoms with Crippen molar-refractivity contribution in [3.63, 3.8) is 0 Å². The molecular formula is C20H22N4O5S. The predicted octanol–water partition coefficient (Wildman–Crippen LogP) is 2.82. The smallest absolute Gasteiger partial charge is 0.276 e. The predicted molar refractivity (Wildman–Crippen MR) is 115 cm³/mol. The van der Waals surface area contributed by atoms with E-state index in [9.17, 15) is 19.7 Å². The van der Waals surface area contributed by atoms with Crippen LogP contribution in [0.4, 0.5) is 5.69 Å². The van der Waals surface area contributed by atoms with Crippen LogP contribution in [0.2, 0.25) is 0 Å². The van der Waals surface area contributed by atoms with E-state index in [4.69, 9.17) is 17.0 Å². The van der Waals surface area contributed by atoms with E-state index in [0.717, 1.165) is 12.5 Å². The van der Waals surface area contributed by atoms with Crippen molar-refractivity contribution in [3.05, 3.63) is 69.8 Å². The zero-order valence-corrected chi connectivity index (χ0v) is 17.3. The number of non-ortho nitro benzene ring substituents is 1. The molecule has 0 aromatic heterocycles. The van der Waals surface area contributed by atoms with E-state index in [1.165, 1.54) is 23.8 Å². The highest BCUT2D eigenvalue weighted by atomic mass is 32.1. The minimum atomic E-state index is -0.650. The van der Waals surface area contributed by atoms with Crippen LogP contribution in [0, 0.1) is 10.1 Å². The monoisotopic (exact) mass is 430 g/mol. The van der Waals surface area contributed by atoms with E-state index >= 15 is 0 Å². The van der Waals surface area contributed by atoms with Gasteiger partial charge in [0.05, 0.1) is 4.92 Å². The molecule has 0 saturated carbocycles. The second-order valence-electron chi connectivity index (χ2n) is 6.43. The van der Waals surface area contributed by atoms with Gasteiger partial charge < -0.3 is 4.74 Å². The number of carbonyl (C=O) groups excluding carboxylic acids is 2. The fraction of sp³-hybridized carbons (Fsp3) is 0.250. The van der Waals surface area contributed by atoms with Crippen LogP contribution in [0.15, 0.2) is 48.5 Å². The van der Waals surface area contributed by atoms with Gasteiger partial charge in [0, 0.05) is 17.7 Å². The van der Waals surface area contributed by atoms with Gasteiger partial charge in [-0.2, -0.15) is 0 Å². The van der Waals surface area contributed by atoms with Crippen molar-refractivity contribution in [1.82, 2.24) is 16.2 Å². The molecule has 30 heavy (non-hydrogen) atoms. The van der Waals surface area contributed by atoms with Crippen LogP contribution in [0.5, 0.6) is 5.75 Å². The van der Waals surface area contributed by atoms with Gasteiger partial charge in [-0.15, -0.1) is 0 Å². The average Bonchev–Trinajstić information content (AvgIpc) is 2.76. The number of nitrogens with one attached hydrogen (secondary N) is 3. The number of benzene rings is 2. The lowest BCUT2D eigenvalue weighted by molar-refractivity contribution is -0.384. The first-order valence-corrected chi connectivity index (χ1v) is 9.58. The molecule has 10 heteroatoms. The molecule has 158 valence electrons. The van der Waals surface area contributed by atoms with Gasteiger partial charge in [0.15, 0.2) is 11.7 Å². The molecule has 0 aliphatic rings. The van der Waals surface area contributed by atoms with Gasteiger partial charge in [-0.05, 0) is 48.3 Å². The maximum atomic E-state index is 12.1. The van der Waals surface area contributed by atoms with Crippen LogP contribution in [0.1, 0.15) is 42.1 Å². The van der Waals surface area contributed by atoms with Crippen LogP contribution in [0.25, 0.3) is 0 Å². The van der Waals surface area contributed by atoms with Crippen LogP contribution in [-0.2, 0) is 4.79 Å². The molecule has 2 rings (SSSR count). The number of hydrazine groups is 1. The molecule has 0 heterocycles. The van der Waals surface area contributed by atoms with Crippen molar-refractivity contribution >= 4 is 34.8 Å². The second kappa shape index (κ2) is 10.9. The molecule has 0 fully saturated rings. The van der Waals surface area contributed by atoms with Gasteiger partial charge in [-0.3, -0.25) is 35.9 Å². The van der Waals surface area contributed by atoms with Gasteiger partial charge in [0.25, 0.3) is 17.5 Å². The Hall–Kier alpha value is -3.53. The van der Waals surface area contributed by atoms with Gasteiger partial charge in [0.1, 0.15) is 5.75 Å². The maximum Gasteiger partial charge on any atom is 0.276 e. The summed E-state index contributed by atoms with van der Waals surface area (Å²) in [6.45, 7) is 4.00. The third-order valence-corrected chi connectivity index (χ3v) is 4.50. The van der Waals surface area contributed by atoms with Gasteiger partial charge in [-0.25, -0.2) is 0 Å². The SMILES string of the molecule is CC[C@H](C)c1ccc(OCC(=O)NNC(=S)NC(=O)c2cccc([N+](=O)[O-])c2)cc1. The highest BCUT2D eigenvalue weighted by Gasteiger charge is 2.13. The number of hydrogen-bond donors (Lipinski definition) is 3. The van der Waals surface area contributed by atoms with Crippen molar-refractivity contribution in [2.24, 2.45) is 0 Å². The van der Waals surface area contributed by atoms with E-state index in [-0.39, 0.29) is 23.0 Å². The fourth-order valence-corrected chi connectivity index (χ4v) is 2.55. The van der Waals surface area contributed by atoms with Crippen molar-refractivity contribution in [3.8, 4) is 5.75 Å². The van der Waals surface area contributed by atoms with E-state index in [0.29, 0.717) is 11.7 Å². The molecule has 2 amide bonds. The quantitative estimate of drug-likeness (QED) is 0.351. The van der Waals surface area contributed by atoms with E-state index in [2.05, 4.69) is 30.0 Å². The largest absolute Gasteiger partial charge is 0.484 e. The lowest BCUT2D eigenvalue weighted by Gasteiger charge is -2.12. The normalized spacial score (nSPS) is 11.1. The Balaban J connectivity index is 1.76. The summed E-state index contributed by atoms with van der Waals surface area (Å²) in [6, 6.07) is 12.7. The standard InChI is InChI=1S/C20H22N4O5S/c1-3-13(2)14-7-9-17(10-8-14)29-12-18(25)22-23-20(30)21-19(26)15-5-4-6-16(11-15)24(27)28/h4-11,13H,3,12H2,1-2H3,(H,22,25)(H2,21,23,26,30)/t13-/m0/s1. The zero-order chi connectivity index (χ0) is 22.1. The Morgan fingerprint density at radius 1 is 1.17 bits per heavy atom. The summed E-state index contributed by atoms with van der Waals surface area (Å²) >= 11 is 4.93. The summed E-state index contributed by atoms with van der Waals surface area (Å²) in [5.41, 5.74) is 5.71. The molecule has 0 radical (unpaired) electrons. The molecule has 0 aliphatic heterocycles. The average molecular weight is 430 g/mol. The van der Waals surface area contributed by atoms with Crippen LogP contribution < -0.4 is 20.9 Å². The molecule has 3 N–H and O–H groups in total. The van der Waals surface area contributed by atoms with Crippen LogP contribution >= 0.6 is 12.2 Å². The third-order valence-electron chi connectivity index (χ3n) is 4.29. The van der Waals surface area contributed by atoms with Crippen molar-refractivity contribution in [1.29, 1.82) is 0 Å². The molecule has 1 atom stereocenters. The van der Waals surface area contributed by atoms with Gasteiger partial charge in [0.2, 0.25) is 0 Å². The number of rotatable bonds is 7. The fourth-order valence-electron chi connectivity index (χ4n) is 2.41. The van der Waals surface area contributed by atoms with Crippen molar-refractivity contribution < 1.29 is 19.2 Å². The first-order chi connectivity index (χ1) is 14.3. The summed E-state index contributed by atoms with van der Waals surface area (Å²) in [7, 11) is 0. The first-order valence-electron chi connectivity index (χ1n) is 9.17. The summed E-state index contributed by atoms with van der Waals surface area (Å²) < 4.78 is 5.41. The summed E-state index contributed by atoms with van der Waals surface area (Å²) in [4.78, 5) is 34.1. The van der Waals surface area contributed by atoms with Crippen LogP contribution in [0.3, 0.4) is 0 Å². The van der Waals surface area contributed by atoms with Crippen molar-refractivity contribution in [2.75, 3.05) is 6.61 Å². The molecule has 0 saturated heterocycles. The minimum Gasteiger partial charge on any atom is -0.484 e. The summed E-state index contributed by atoms with van der Waals surface area (Å²) in [5.74, 6) is -0.153. The Bertz CT molecular complexity index is 933. The molecule has 0 spiro atoms. The van der Waals surface area contributed by atoms with E-state index < -0.39 is 16.7 Å². The van der Waals surface area contributed by atoms with Crippen molar-refractivity contribution in [2.45, 2.75) is 26.2 Å². The second-order valence-corrected chi connectivity index (χ2v) is 6.84. The number of thiocarbonyl (C=S) groups is 1. The third kappa shape index (κ3) is 6.82. The lowest BCUT2D eigenvalue weighted by Crippen LogP contribution is -2.49. The lowest BCUT2D eigenvalue weighted by atomic mass is 9.99. The van der Waals surface area contributed by atoms with Crippen LogP contribution in [-0.4, -0.2) is 28.5 Å². The molecule has 2 aromatic carbocycles. The number of nitro groups is 1. The Kier molecular flexibility index (Phi) is 8.24. The first kappa shape index (κ1) is 22.8.